The fraction of sp³-hybridized carbons (Fsp3) is 0.588. The summed E-state index contributed by atoms with van der Waals surface area (Å²) >= 11 is 0. The first-order chi connectivity index (χ1) is 10.7. The lowest BCUT2D eigenvalue weighted by Crippen LogP contribution is -2.48. The number of carbonyl (C=O) groups excluding carboxylic acids is 1. The average Bonchev–Trinajstić information content (AvgIpc) is 3.27. The van der Waals surface area contributed by atoms with Crippen molar-refractivity contribution in [3.05, 3.63) is 35.9 Å². The summed E-state index contributed by atoms with van der Waals surface area (Å²) in [4.78, 5) is 14.8. The van der Waals surface area contributed by atoms with E-state index in [0.29, 0.717) is 24.3 Å². The number of epoxide rings is 1. The maximum absolute atomic E-state index is 12.4. The van der Waals surface area contributed by atoms with Gasteiger partial charge in [0, 0.05) is 24.9 Å². The summed E-state index contributed by atoms with van der Waals surface area (Å²) in [6, 6.07) is 10.1. The first-order valence-corrected chi connectivity index (χ1v) is 7.92. The number of hydrogen-bond acceptors (Lipinski definition) is 5. The summed E-state index contributed by atoms with van der Waals surface area (Å²) in [6.07, 6.45) is 2.26. The summed E-state index contributed by atoms with van der Waals surface area (Å²) in [5.41, 5.74) is 0.803. The van der Waals surface area contributed by atoms with E-state index in [4.69, 9.17) is 9.47 Å². The molecule has 9 heteroatoms. The van der Waals surface area contributed by atoms with Gasteiger partial charge in [0.2, 0.25) is 0 Å². The van der Waals surface area contributed by atoms with Crippen molar-refractivity contribution in [2.75, 3.05) is 13.7 Å². The highest BCUT2D eigenvalue weighted by atomic mass is 79.9. The number of hydrogen-bond donors (Lipinski definition) is 1. The first-order valence-electron chi connectivity index (χ1n) is 7.92. The summed E-state index contributed by atoms with van der Waals surface area (Å²) in [6.45, 7) is -0.226. The highest BCUT2D eigenvalue weighted by Crippen LogP contribution is 2.48. The number of carbonyl (C=O) groups is 1. The summed E-state index contributed by atoms with van der Waals surface area (Å²) < 4.78 is 11.4. The van der Waals surface area contributed by atoms with Crippen molar-refractivity contribution in [1.29, 1.82) is 0 Å². The normalized spacial score (nSPS) is 31.7. The van der Waals surface area contributed by atoms with Crippen molar-refractivity contribution in [1.82, 2.24) is 4.90 Å². The maximum Gasteiger partial charge on any atom is 0.316 e. The zero-order valence-corrected chi connectivity index (χ0v) is 16.2. The van der Waals surface area contributed by atoms with Crippen LogP contribution in [-0.4, -0.2) is 76.5 Å². The number of aliphatic hydroxyl groups excluding tert-OH is 1. The lowest BCUT2D eigenvalue weighted by molar-refractivity contribution is -0.156. The van der Waals surface area contributed by atoms with Crippen LogP contribution in [-0.2, 0) is 14.3 Å². The van der Waals surface area contributed by atoms with Gasteiger partial charge in [0.15, 0.2) is 0 Å². The van der Waals surface area contributed by atoms with Crippen LogP contribution in [0.1, 0.15) is 24.3 Å². The molecule has 5 atom stereocenters. The molecule has 3 heterocycles. The number of fused-ring (bicyclic) bond motifs is 5. The SMILES string of the molecule is Br.CN1[C@H]2CC(OC(=O)[C@H](CO)c3ccccc3)C[C@H]1[C@@H]1O[C@H]12.O.O.O. The Morgan fingerprint density at radius 2 is 1.73 bits per heavy atom. The summed E-state index contributed by atoms with van der Waals surface area (Å²) in [5, 5.41) is 9.56. The topological polar surface area (TPSA) is 157 Å². The van der Waals surface area contributed by atoms with Gasteiger partial charge in [-0.2, -0.15) is 0 Å². The van der Waals surface area contributed by atoms with E-state index in [-0.39, 0.29) is 52.1 Å². The van der Waals surface area contributed by atoms with E-state index in [1.165, 1.54) is 0 Å². The average molecular weight is 438 g/mol. The molecule has 3 saturated heterocycles. The van der Waals surface area contributed by atoms with Crippen molar-refractivity contribution in [3.8, 4) is 0 Å². The Hall–Kier alpha value is -1.07. The molecule has 0 aliphatic carbocycles. The molecule has 3 fully saturated rings. The molecule has 150 valence electrons. The van der Waals surface area contributed by atoms with Crippen LogP contribution >= 0.6 is 17.0 Å². The Labute approximate surface area is 162 Å². The molecule has 0 spiro atoms. The first kappa shape index (κ1) is 24.9. The minimum absolute atomic E-state index is 0. The Morgan fingerprint density at radius 3 is 2.23 bits per heavy atom. The van der Waals surface area contributed by atoms with Crippen molar-refractivity contribution in [2.24, 2.45) is 0 Å². The van der Waals surface area contributed by atoms with E-state index in [0.717, 1.165) is 18.4 Å². The highest BCUT2D eigenvalue weighted by molar-refractivity contribution is 8.93. The molecule has 0 amide bonds. The molecule has 3 aliphatic heterocycles. The van der Waals surface area contributed by atoms with E-state index in [1.54, 1.807) is 0 Å². The molecular formula is C17H28BrNO7. The number of halogens is 1. The lowest BCUT2D eigenvalue weighted by Gasteiger charge is -2.38. The van der Waals surface area contributed by atoms with Gasteiger partial charge in [0.25, 0.3) is 0 Å². The Morgan fingerprint density at radius 1 is 1.19 bits per heavy atom. The van der Waals surface area contributed by atoms with Crippen LogP contribution in [0, 0.1) is 0 Å². The number of nitrogens with zero attached hydrogens (tertiary/aromatic N) is 1. The van der Waals surface area contributed by atoms with Gasteiger partial charge in [-0.3, -0.25) is 9.69 Å². The van der Waals surface area contributed by atoms with Crippen LogP contribution in [0.2, 0.25) is 0 Å². The fourth-order valence-electron chi connectivity index (χ4n) is 4.04. The number of aliphatic hydroxyl groups is 1. The van der Waals surface area contributed by atoms with E-state index in [2.05, 4.69) is 11.9 Å². The minimum atomic E-state index is -0.593. The molecule has 8 nitrogen and oxygen atoms in total. The Kier molecular flexibility index (Phi) is 9.35. The lowest BCUT2D eigenvalue weighted by atomic mass is 9.97. The monoisotopic (exact) mass is 437 g/mol. The van der Waals surface area contributed by atoms with Crippen LogP contribution < -0.4 is 0 Å². The molecule has 2 bridgehead atoms. The number of likely N-dealkylation sites (N-methyl/N-ethyl adjacent to an activating group) is 1. The number of ether oxygens (including phenoxy) is 2. The van der Waals surface area contributed by atoms with Gasteiger partial charge in [-0.25, -0.2) is 0 Å². The molecular weight excluding hydrogens is 410 g/mol. The fourth-order valence-corrected chi connectivity index (χ4v) is 4.04. The second-order valence-corrected chi connectivity index (χ2v) is 6.54. The minimum Gasteiger partial charge on any atom is -0.462 e. The van der Waals surface area contributed by atoms with Crippen LogP contribution in [0.4, 0.5) is 0 Å². The standard InChI is InChI=1S/C17H21NO4.BrH.3H2O/c1-18-13-7-11(8-14(18)16-15(13)22-16)21-17(20)12(9-19)10-5-3-2-4-6-10;;;;/h2-6,11-16,19H,7-9H2,1H3;1H;3*1H2/t12-,13+,14+,15+,16+;;;;/m1..../s1. The van der Waals surface area contributed by atoms with Gasteiger partial charge >= 0.3 is 5.97 Å². The van der Waals surface area contributed by atoms with Crippen molar-refractivity contribution in [2.45, 2.75) is 49.2 Å². The number of morpholine rings is 1. The van der Waals surface area contributed by atoms with Crippen LogP contribution in [0.3, 0.4) is 0 Å². The molecule has 3 aliphatic rings. The second-order valence-electron chi connectivity index (χ2n) is 6.54. The molecule has 26 heavy (non-hydrogen) atoms. The van der Waals surface area contributed by atoms with Crippen molar-refractivity contribution < 1.29 is 35.8 Å². The molecule has 0 saturated carbocycles. The molecule has 0 unspecified atom stereocenters. The summed E-state index contributed by atoms with van der Waals surface area (Å²) in [7, 11) is 2.13. The van der Waals surface area contributed by atoms with Crippen LogP contribution in [0.25, 0.3) is 0 Å². The Bertz CT molecular complexity index is 557. The van der Waals surface area contributed by atoms with E-state index in [9.17, 15) is 9.90 Å². The molecule has 1 aromatic rings. The summed E-state index contributed by atoms with van der Waals surface area (Å²) in [5.74, 6) is -0.915. The van der Waals surface area contributed by atoms with Gasteiger partial charge in [-0.15, -0.1) is 17.0 Å². The zero-order valence-electron chi connectivity index (χ0n) is 14.5. The largest absolute Gasteiger partial charge is 0.462 e. The predicted molar refractivity (Wildman–Crippen MR) is 101 cm³/mol. The number of piperidine rings is 1. The molecule has 1 aromatic carbocycles. The Balaban J connectivity index is 0.00000156. The zero-order chi connectivity index (χ0) is 15.3. The van der Waals surface area contributed by atoms with Crippen molar-refractivity contribution >= 4 is 23.0 Å². The van der Waals surface area contributed by atoms with Gasteiger partial charge in [0.05, 0.1) is 6.61 Å². The highest BCUT2D eigenvalue weighted by Gasteiger charge is 2.62. The maximum atomic E-state index is 12.4. The van der Waals surface area contributed by atoms with E-state index >= 15 is 0 Å². The molecule has 0 aromatic heterocycles. The third kappa shape index (κ3) is 4.25. The van der Waals surface area contributed by atoms with Gasteiger partial charge in [-0.05, 0) is 12.6 Å². The second kappa shape index (κ2) is 9.75. The third-order valence-corrected chi connectivity index (χ3v) is 5.33. The number of esters is 1. The van der Waals surface area contributed by atoms with E-state index in [1.807, 2.05) is 30.3 Å². The van der Waals surface area contributed by atoms with E-state index < -0.39 is 5.92 Å². The number of benzene rings is 1. The van der Waals surface area contributed by atoms with Gasteiger partial charge < -0.3 is 31.0 Å². The van der Waals surface area contributed by atoms with Crippen LogP contribution in [0.5, 0.6) is 0 Å². The predicted octanol–water partition coefficient (Wildman–Crippen LogP) is -0.978. The molecule has 4 rings (SSSR count). The smallest absolute Gasteiger partial charge is 0.316 e. The van der Waals surface area contributed by atoms with Crippen LogP contribution in [0.15, 0.2) is 30.3 Å². The number of rotatable bonds is 4. The van der Waals surface area contributed by atoms with Crippen molar-refractivity contribution in [3.63, 3.8) is 0 Å². The third-order valence-electron chi connectivity index (χ3n) is 5.33. The molecule has 0 radical (unpaired) electrons. The quantitative estimate of drug-likeness (QED) is 0.472. The van der Waals surface area contributed by atoms with Gasteiger partial charge in [-0.1, -0.05) is 30.3 Å². The van der Waals surface area contributed by atoms with Gasteiger partial charge in [0.1, 0.15) is 24.2 Å². The molecule has 7 N–H and O–H groups in total.